The third-order valence-electron chi connectivity index (χ3n) is 3.68. The van der Waals surface area contributed by atoms with Crippen LogP contribution < -0.4 is 5.32 Å². The molecule has 2 rings (SSSR count). The van der Waals surface area contributed by atoms with Gasteiger partial charge in [-0.25, -0.2) is 9.38 Å². The summed E-state index contributed by atoms with van der Waals surface area (Å²) in [5, 5.41) is 3.28. The predicted molar refractivity (Wildman–Crippen MR) is 100 cm³/mol. The highest BCUT2D eigenvalue weighted by Gasteiger charge is 2.20. The fourth-order valence-electron chi connectivity index (χ4n) is 2.41. The average Bonchev–Trinajstić information content (AvgIpc) is 2.53. The van der Waals surface area contributed by atoms with Crippen molar-refractivity contribution in [3.05, 3.63) is 35.6 Å². The summed E-state index contributed by atoms with van der Waals surface area (Å²) in [5.74, 6) is 0.725. The minimum Gasteiger partial charge on any atom is -0.357 e. The van der Waals surface area contributed by atoms with E-state index >= 15 is 0 Å². The van der Waals surface area contributed by atoms with Gasteiger partial charge in [0.15, 0.2) is 5.96 Å². The molecule has 7 heteroatoms. The van der Waals surface area contributed by atoms with Crippen molar-refractivity contribution >= 4 is 35.8 Å². The lowest BCUT2D eigenvalue weighted by Gasteiger charge is -2.36. The Hall–Kier alpha value is -1.38. The molecule has 0 saturated carbocycles. The second-order valence-corrected chi connectivity index (χ2v) is 5.29. The van der Waals surface area contributed by atoms with Crippen LogP contribution in [0.15, 0.2) is 29.3 Å². The van der Waals surface area contributed by atoms with Gasteiger partial charge in [-0.05, 0) is 24.6 Å². The fourth-order valence-corrected chi connectivity index (χ4v) is 2.41. The molecule has 23 heavy (non-hydrogen) atoms. The first-order valence-corrected chi connectivity index (χ1v) is 7.63. The molecule has 0 aromatic heterocycles. The van der Waals surface area contributed by atoms with Crippen LogP contribution in [0, 0.1) is 5.82 Å². The number of nitrogens with one attached hydrogen (secondary N) is 1. The molecule has 5 nitrogen and oxygen atoms in total. The van der Waals surface area contributed by atoms with E-state index in [1.54, 1.807) is 19.1 Å². The number of carbonyl (C=O) groups excluding carboxylic acids is 1. The summed E-state index contributed by atoms with van der Waals surface area (Å²) >= 11 is 0. The lowest BCUT2D eigenvalue weighted by atomic mass is 10.2. The van der Waals surface area contributed by atoms with Gasteiger partial charge in [-0.3, -0.25) is 4.79 Å². The van der Waals surface area contributed by atoms with E-state index in [-0.39, 0.29) is 35.7 Å². The topological polar surface area (TPSA) is 47.9 Å². The maximum absolute atomic E-state index is 12.9. The van der Waals surface area contributed by atoms with Crippen LogP contribution >= 0.6 is 24.0 Å². The van der Waals surface area contributed by atoms with Gasteiger partial charge in [0, 0.05) is 39.6 Å². The van der Waals surface area contributed by atoms with E-state index in [1.807, 2.05) is 11.8 Å². The Labute approximate surface area is 154 Å². The second kappa shape index (κ2) is 9.69. The lowest BCUT2D eigenvalue weighted by molar-refractivity contribution is -0.130. The van der Waals surface area contributed by atoms with Gasteiger partial charge in [0.2, 0.25) is 5.91 Å². The number of guanidine groups is 1. The molecule has 1 aliphatic heterocycles. The molecular weight excluding hydrogens is 410 g/mol. The van der Waals surface area contributed by atoms with Crippen LogP contribution in [0.1, 0.15) is 19.4 Å². The normalized spacial score (nSPS) is 15.2. The average molecular weight is 434 g/mol. The van der Waals surface area contributed by atoms with Crippen LogP contribution in [-0.4, -0.2) is 54.4 Å². The van der Waals surface area contributed by atoms with Crippen molar-refractivity contribution in [2.75, 3.05) is 32.7 Å². The van der Waals surface area contributed by atoms with Crippen LogP contribution in [0.5, 0.6) is 0 Å². The van der Waals surface area contributed by atoms with Gasteiger partial charge >= 0.3 is 0 Å². The first kappa shape index (κ1) is 19.7. The molecule has 1 N–H and O–H groups in total. The molecule has 128 valence electrons. The minimum atomic E-state index is -0.236. The molecule has 1 aromatic rings. The largest absolute Gasteiger partial charge is 0.357 e. The van der Waals surface area contributed by atoms with Crippen molar-refractivity contribution in [3.8, 4) is 0 Å². The van der Waals surface area contributed by atoms with Gasteiger partial charge in [0.25, 0.3) is 0 Å². The van der Waals surface area contributed by atoms with Gasteiger partial charge < -0.3 is 15.1 Å². The number of halogens is 2. The molecule has 0 spiro atoms. The van der Waals surface area contributed by atoms with Crippen molar-refractivity contribution in [1.29, 1.82) is 0 Å². The van der Waals surface area contributed by atoms with E-state index < -0.39 is 0 Å². The Morgan fingerprint density at radius 1 is 1.17 bits per heavy atom. The second-order valence-electron chi connectivity index (χ2n) is 5.29. The van der Waals surface area contributed by atoms with Crippen molar-refractivity contribution in [3.63, 3.8) is 0 Å². The molecule has 0 unspecified atom stereocenters. The van der Waals surface area contributed by atoms with Gasteiger partial charge in [0.1, 0.15) is 5.82 Å². The zero-order valence-corrected chi connectivity index (χ0v) is 15.9. The Bertz CT molecular complexity index is 527. The summed E-state index contributed by atoms with van der Waals surface area (Å²) < 4.78 is 12.9. The highest BCUT2D eigenvalue weighted by Crippen LogP contribution is 2.06. The van der Waals surface area contributed by atoms with Gasteiger partial charge in [-0.15, -0.1) is 24.0 Å². The molecule has 1 fully saturated rings. The molecule has 0 bridgehead atoms. The summed E-state index contributed by atoms with van der Waals surface area (Å²) in [4.78, 5) is 20.0. The third-order valence-corrected chi connectivity index (χ3v) is 3.68. The molecule has 1 heterocycles. The molecule has 1 aromatic carbocycles. The van der Waals surface area contributed by atoms with Crippen LogP contribution in [0.25, 0.3) is 0 Å². The number of aliphatic imine (C=N–C) groups is 1. The van der Waals surface area contributed by atoms with Crippen molar-refractivity contribution in [2.45, 2.75) is 20.4 Å². The van der Waals surface area contributed by atoms with E-state index in [2.05, 4.69) is 15.2 Å². The molecule has 0 atom stereocenters. The van der Waals surface area contributed by atoms with Gasteiger partial charge in [0.05, 0.1) is 6.54 Å². The Balaban J connectivity index is 0.00000264. The first-order valence-electron chi connectivity index (χ1n) is 7.63. The Morgan fingerprint density at radius 3 is 2.26 bits per heavy atom. The number of hydrogen-bond acceptors (Lipinski definition) is 2. The van der Waals surface area contributed by atoms with Crippen LogP contribution in [0.3, 0.4) is 0 Å². The summed E-state index contributed by atoms with van der Waals surface area (Å²) in [6, 6.07) is 6.39. The third kappa shape index (κ3) is 5.96. The highest BCUT2D eigenvalue weighted by molar-refractivity contribution is 14.0. The van der Waals surface area contributed by atoms with Gasteiger partial charge in [-0.2, -0.15) is 0 Å². The number of nitrogens with zero attached hydrogens (tertiary/aromatic N) is 3. The zero-order valence-electron chi connectivity index (χ0n) is 13.6. The van der Waals surface area contributed by atoms with Crippen molar-refractivity contribution in [2.24, 2.45) is 4.99 Å². The molecule has 0 aliphatic carbocycles. The monoisotopic (exact) mass is 434 g/mol. The summed E-state index contributed by atoms with van der Waals surface area (Å²) in [5.41, 5.74) is 0.971. The standard InChI is InChI=1S/C16H23FN4O.HI/c1-3-18-16(19-12-14-4-6-15(17)7-5-14)21-10-8-20(9-11-21)13(2)22;/h4-7H,3,8-12H2,1-2H3,(H,18,19);1H. The summed E-state index contributed by atoms with van der Waals surface area (Å²) in [6.45, 7) is 7.91. The number of benzene rings is 1. The first-order chi connectivity index (χ1) is 10.6. The Kier molecular flexibility index (Phi) is 8.29. The lowest BCUT2D eigenvalue weighted by Crippen LogP contribution is -2.53. The fraction of sp³-hybridized carbons (Fsp3) is 0.500. The highest BCUT2D eigenvalue weighted by atomic mass is 127. The maximum atomic E-state index is 12.9. The van der Waals surface area contributed by atoms with E-state index in [4.69, 9.17) is 0 Å². The van der Waals surface area contributed by atoms with Crippen LogP contribution in [0.4, 0.5) is 4.39 Å². The zero-order chi connectivity index (χ0) is 15.9. The van der Waals surface area contributed by atoms with Crippen LogP contribution in [-0.2, 0) is 11.3 Å². The van der Waals surface area contributed by atoms with Crippen molar-refractivity contribution < 1.29 is 9.18 Å². The molecule has 1 amide bonds. The maximum Gasteiger partial charge on any atom is 0.219 e. The van der Waals surface area contributed by atoms with Crippen molar-refractivity contribution in [1.82, 2.24) is 15.1 Å². The number of amides is 1. The van der Waals surface area contributed by atoms with Crippen LogP contribution in [0.2, 0.25) is 0 Å². The van der Waals surface area contributed by atoms with E-state index in [9.17, 15) is 9.18 Å². The van der Waals surface area contributed by atoms with E-state index in [0.717, 1.165) is 44.2 Å². The molecular formula is C16H24FIN4O. The smallest absolute Gasteiger partial charge is 0.219 e. The number of piperazine rings is 1. The quantitative estimate of drug-likeness (QED) is 0.450. The number of carbonyl (C=O) groups is 1. The van der Waals surface area contributed by atoms with E-state index in [1.165, 1.54) is 12.1 Å². The molecule has 1 saturated heterocycles. The molecule has 0 radical (unpaired) electrons. The summed E-state index contributed by atoms with van der Waals surface area (Å²) in [7, 11) is 0. The Morgan fingerprint density at radius 2 is 1.74 bits per heavy atom. The van der Waals surface area contributed by atoms with E-state index in [0.29, 0.717) is 6.54 Å². The number of hydrogen-bond donors (Lipinski definition) is 1. The minimum absolute atomic E-state index is 0. The predicted octanol–water partition coefficient (Wildman–Crippen LogP) is 2.07. The summed E-state index contributed by atoms with van der Waals surface area (Å²) in [6.07, 6.45) is 0. The molecule has 1 aliphatic rings. The SMILES string of the molecule is CCNC(=NCc1ccc(F)cc1)N1CCN(C(C)=O)CC1.I. The number of rotatable bonds is 3. The van der Waals surface area contributed by atoms with Gasteiger partial charge in [-0.1, -0.05) is 12.1 Å².